The zero-order valence-corrected chi connectivity index (χ0v) is 31.8. The molecule has 0 radical (unpaired) electrons. The Bertz CT molecular complexity index is 2420. The number of nitrogens with one attached hydrogen (secondary N) is 2. The summed E-state index contributed by atoms with van der Waals surface area (Å²) < 4.78 is 44.6. The third-order valence-electron chi connectivity index (χ3n) is 11.9. The summed E-state index contributed by atoms with van der Waals surface area (Å²) in [5.74, 6) is -0.701. The molecule has 56 heavy (non-hydrogen) atoms. The lowest BCUT2D eigenvalue weighted by Crippen LogP contribution is -2.44. The molecule has 5 heterocycles. The molecule has 3 aliphatic rings. The minimum absolute atomic E-state index is 0.203. The summed E-state index contributed by atoms with van der Waals surface area (Å²) in [6.07, 6.45) is 3.74. The highest BCUT2D eigenvalue weighted by molar-refractivity contribution is 6.34. The number of imidazole rings is 1. The Labute approximate surface area is 325 Å². The van der Waals surface area contributed by atoms with E-state index < -0.39 is 29.7 Å². The maximum atomic E-state index is 13.5. The van der Waals surface area contributed by atoms with Crippen molar-refractivity contribution in [3.05, 3.63) is 86.7 Å². The number of alkyl halides is 3. The zero-order valence-electron chi connectivity index (χ0n) is 31.0. The summed E-state index contributed by atoms with van der Waals surface area (Å²) in [6.45, 7) is 5.02. The van der Waals surface area contributed by atoms with Crippen LogP contribution in [0.4, 0.5) is 18.9 Å². The van der Waals surface area contributed by atoms with E-state index in [0.29, 0.717) is 17.9 Å². The van der Waals surface area contributed by atoms with Gasteiger partial charge in [-0.1, -0.05) is 23.7 Å². The van der Waals surface area contributed by atoms with E-state index in [1.807, 2.05) is 23.0 Å². The van der Waals surface area contributed by atoms with Crippen molar-refractivity contribution in [3.63, 3.8) is 0 Å². The lowest BCUT2D eigenvalue weighted by atomic mass is 9.83. The number of likely N-dealkylation sites (tertiary alicyclic amines) is 1. The first-order valence-electron chi connectivity index (χ1n) is 19.1. The number of hydrogen-bond acceptors (Lipinski definition) is 7. The number of anilines is 1. The van der Waals surface area contributed by atoms with Crippen LogP contribution in [-0.2, 0) is 22.8 Å². The van der Waals surface area contributed by atoms with Gasteiger partial charge in [-0.25, -0.2) is 9.78 Å². The van der Waals surface area contributed by atoms with Gasteiger partial charge in [-0.3, -0.25) is 33.5 Å². The van der Waals surface area contributed by atoms with Crippen LogP contribution in [-0.4, -0.2) is 66.2 Å². The fourth-order valence-electron chi connectivity index (χ4n) is 8.96. The van der Waals surface area contributed by atoms with Crippen LogP contribution in [0, 0.1) is 12.8 Å². The maximum absolute atomic E-state index is 13.5. The molecule has 3 fully saturated rings. The number of carbonyl (C=O) groups is 3. The van der Waals surface area contributed by atoms with Gasteiger partial charge in [-0.2, -0.15) is 18.3 Å². The molecule has 2 aromatic carbocycles. The summed E-state index contributed by atoms with van der Waals surface area (Å²) in [5.41, 5.74) is 3.07. The number of halogens is 4. The molecule has 0 spiro atoms. The smallest absolute Gasteiger partial charge is 0.319 e. The van der Waals surface area contributed by atoms with E-state index in [4.69, 9.17) is 16.7 Å². The highest BCUT2D eigenvalue weighted by Gasteiger charge is 2.35. The number of carbonyl (C=O) groups excluding carboxylic acids is 3. The van der Waals surface area contributed by atoms with Crippen molar-refractivity contribution in [2.45, 2.75) is 82.5 Å². The Morgan fingerprint density at radius 2 is 1.75 bits per heavy atom. The average Bonchev–Trinajstić information content (AvgIpc) is 3.69. The van der Waals surface area contributed by atoms with Gasteiger partial charge in [-0.05, 0) is 118 Å². The van der Waals surface area contributed by atoms with Crippen LogP contribution in [0.1, 0.15) is 96.7 Å². The molecule has 8 rings (SSSR count). The molecular weight excluding hydrogens is 749 g/mol. The van der Waals surface area contributed by atoms with Crippen molar-refractivity contribution < 1.29 is 27.6 Å². The van der Waals surface area contributed by atoms with Crippen LogP contribution in [0.15, 0.2) is 53.5 Å². The quantitative estimate of drug-likeness (QED) is 0.171. The number of pyridine rings is 1. The van der Waals surface area contributed by atoms with Crippen molar-refractivity contribution in [1.82, 2.24) is 34.1 Å². The van der Waals surface area contributed by atoms with Gasteiger partial charge in [0.05, 0.1) is 33.3 Å². The van der Waals surface area contributed by atoms with Crippen LogP contribution in [0.25, 0.3) is 21.9 Å². The van der Waals surface area contributed by atoms with Crippen molar-refractivity contribution in [2.24, 2.45) is 13.0 Å². The van der Waals surface area contributed by atoms with E-state index in [2.05, 4.69) is 27.4 Å². The van der Waals surface area contributed by atoms with Crippen LogP contribution in [0.3, 0.4) is 0 Å². The Morgan fingerprint density at radius 1 is 1.00 bits per heavy atom. The number of nitrogens with zero attached hydrogens (tertiary/aromatic N) is 6. The first-order valence-corrected chi connectivity index (χ1v) is 19.4. The van der Waals surface area contributed by atoms with E-state index in [1.165, 1.54) is 11.6 Å². The van der Waals surface area contributed by atoms with Gasteiger partial charge in [0, 0.05) is 31.6 Å². The summed E-state index contributed by atoms with van der Waals surface area (Å²) in [4.78, 5) is 56.9. The highest BCUT2D eigenvalue weighted by atomic mass is 35.5. The fourth-order valence-corrected chi connectivity index (χ4v) is 9.17. The largest absolute Gasteiger partial charge is 0.433 e. The van der Waals surface area contributed by atoms with Crippen LogP contribution in [0.5, 0.6) is 0 Å². The van der Waals surface area contributed by atoms with Gasteiger partial charge in [-0.15, -0.1) is 0 Å². The molecule has 1 atom stereocenters. The van der Waals surface area contributed by atoms with Gasteiger partial charge in [0.2, 0.25) is 11.8 Å². The van der Waals surface area contributed by atoms with Crippen LogP contribution >= 0.6 is 11.6 Å². The first kappa shape index (κ1) is 37.9. The lowest BCUT2D eigenvalue weighted by Gasteiger charge is -2.37. The fraction of sp³-hybridized carbons (Fsp3) is 0.450. The van der Waals surface area contributed by atoms with Crippen molar-refractivity contribution in [1.29, 1.82) is 0 Å². The molecule has 1 saturated carbocycles. The third kappa shape index (κ3) is 7.22. The molecule has 2 N–H and O–H groups in total. The van der Waals surface area contributed by atoms with E-state index in [1.54, 1.807) is 28.3 Å². The number of benzene rings is 2. The lowest BCUT2D eigenvalue weighted by molar-refractivity contribution is -0.141. The first-order chi connectivity index (χ1) is 26.7. The number of rotatable bonds is 7. The molecule has 16 heteroatoms. The minimum Gasteiger partial charge on any atom is -0.319 e. The number of fused-ring (bicyclic) bond motifs is 2. The van der Waals surface area contributed by atoms with Crippen LogP contribution in [0.2, 0.25) is 5.02 Å². The standard InChI is InChI=1S/C40H42ClF3N8O4/c1-22-6-11-31-36(49(2)39(56)52(31)32-12-13-34(53)47-38(32)55)35(22)24-14-16-50(17-15-24)20-23-7-9-26(10-8-23)51-21-25-18-30(27(41)19-29(25)48-51)46-37(54)28-4-3-5-33(45-28)40(42,43)44/h3-6,11,18-19,21,23-24,26,32H,7-10,12-17,20H2,1-2H3,(H,46,54)(H,47,53,55). The van der Waals surface area contributed by atoms with E-state index >= 15 is 0 Å². The molecule has 2 aliphatic heterocycles. The van der Waals surface area contributed by atoms with Crippen molar-refractivity contribution in [2.75, 3.05) is 25.0 Å². The molecule has 0 bridgehead atoms. The molecule has 1 aliphatic carbocycles. The Balaban J connectivity index is 0.880. The Morgan fingerprint density at radius 3 is 2.46 bits per heavy atom. The van der Waals surface area contributed by atoms with Gasteiger partial charge in [0.25, 0.3) is 5.91 Å². The van der Waals surface area contributed by atoms with Crippen molar-refractivity contribution >= 4 is 56.9 Å². The summed E-state index contributed by atoms with van der Waals surface area (Å²) in [6, 6.07) is 9.95. The summed E-state index contributed by atoms with van der Waals surface area (Å²) in [5, 5.41) is 10.7. The van der Waals surface area contributed by atoms with Crippen LogP contribution < -0.4 is 16.3 Å². The molecule has 1 unspecified atom stereocenters. The van der Waals surface area contributed by atoms with Gasteiger partial charge < -0.3 is 10.2 Å². The normalized spacial score (nSPS) is 21.5. The molecule has 3 aromatic heterocycles. The SMILES string of the molecule is Cc1ccc2c(c1C1CCN(CC3CCC(n4cc5cc(NC(=O)c6cccc(C(F)(F)F)n6)c(Cl)cc5n4)CC3)CC1)n(C)c(=O)n2C1CCC(=O)NC1=O. The van der Waals surface area contributed by atoms with Crippen molar-refractivity contribution in [3.8, 4) is 0 Å². The average molecular weight is 791 g/mol. The van der Waals surface area contributed by atoms with Gasteiger partial charge >= 0.3 is 11.9 Å². The number of aromatic nitrogens is 5. The number of amides is 3. The van der Waals surface area contributed by atoms with E-state index in [0.717, 1.165) is 92.3 Å². The highest BCUT2D eigenvalue weighted by Crippen LogP contribution is 2.39. The minimum atomic E-state index is -4.67. The number of imide groups is 1. The van der Waals surface area contributed by atoms with E-state index in [9.17, 15) is 32.3 Å². The predicted molar refractivity (Wildman–Crippen MR) is 205 cm³/mol. The molecule has 2 saturated heterocycles. The predicted octanol–water partition coefficient (Wildman–Crippen LogP) is 6.91. The topological polar surface area (TPSA) is 136 Å². The number of aryl methyl sites for hydroxylation is 2. The third-order valence-corrected chi connectivity index (χ3v) is 12.2. The maximum Gasteiger partial charge on any atom is 0.433 e. The van der Waals surface area contributed by atoms with E-state index in [-0.39, 0.29) is 46.4 Å². The zero-order chi connectivity index (χ0) is 39.5. The second-order valence-corrected chi connectivity index (χ2v) is 15.9. The second kappa shape index (κ2) is 14.8. The molecule has 3 amide bonds. The number of hydrogen-bond donors (Lipinski definition) is 2. The Hall–Kier alpha value is -5.02. The molecule has 294 valence electrons. The second-order valence-electron chi connectivity index (χ2n) is 15.5. The molecule has 12 nitrogen and oxygen atoms in total. The van der Waals surface area contributed by atoms with Gasteiger partial charge in [0.15, 0.2) is 0 Å². The Kier molecular flexibility index (Phi) is 10.0. The monoisotopic (exact) mass is 790 g/mol. The number of piperidine rings is 2. The molecule has 5 aromatic rings. The summed E-state index contributed by atoms with van der Waals surface area (Å²) in [7, 11) is 1.77. The van der Waals surface area contributed by atoms with Gasteiger partial charge in [0.1, 0.15) is 17.4 Å². The summed E-state index contributed by atoms with van der Waals surface area (Å²) >= 11 is 6.47. The molecular formula is C40H42ClF3N8O4.